The number of aliphatic hydroxyl groups excluding tert-OH is 1. The van der Waals surface area contributed by atoms with Gasteiger partial charge in [0.05, 0.1) is 6.61 Å². The molecule has 2 N–H and O–H groups in total. The molecule has 0 aromatic heterocycles. The van der Waals surface area contributed by atoms with E-state index < -0.39 is 0 Å². The molecule has 1 aromatic rings. The Morgan fingerprint density at radius 3 is 2.71 bits per heavy atom. The predicted molar refractivity (Wildman–Crippen MR) is 71.4 cm³/mol. The lowest BCUT2D eigenvalue weighted by molar-refractivity contribution is 0.194. The summed E-state index contributed by atoms with van der Waals surface area (Å²) in [6.45, 7) is 0.276. The fraction of sp³-hybridized carbons (Fsp3) is 0.250. The Balaban J connectivity index is 2.44. The van der Waals surface area contributed by atoms with Crippen molar-refractivity contribution in [3.05, 3.63) is 40.5 Å². The summed E-state index contributed by atoms with van der Waals surface area (Å²) in [5.74, 6) is 0. The van der Waals surface area contributed by atoms with E-state index in [1.807, 2.05) is 24.3 Å². The SMILES string of the molecule is CN(CCO)C(=O)N/C=C/c1ccc(Br)cc1. The Bertz CT molecular complexity index is 390. The summed E-state index contributed by atoms with van der Waals surface area (Å²) < 4.78 is 1.02. The first-order chi connectivity index (χ1) is 8.13. The van der Waals surface area contributed by atoms with Gasteiger partial charge in [-0.2, -0.15) is 0 Å². The minimum absolute atomic E-state index is 0.0413. The number of nitrogens with zero attached hydrogens (tertiary/aromatic N) is 1. The van der Waals surface area contributed by atoms with E-state index in [0.29, 0.717) is 6.54 Å². The Labute approximate surface area is 109 Å². The van der Waals surface area contributed by atoms with Gasteiger partial charge in [0, 0.05) is 24.3 Å². The van der Waals surface area contributed by atoms with Crippen LogP contribution in [0.3, 0.4) is 0 Å². The zero-order chi connectivity index (χ0) is 12.7. The van der Waals surface area contributed by atoms with Crippen LogP contribution in [-0.2, 0) is 0 Å². The molecule has 5 heteroatoms. The van der Waals surface area contributed by atoms with E-state index >= 15 is 0 Å². The summed E-state index contributed by atoms with van der Waals surface area (Å²) in [4.78, 5) is 12.8. The number of likely N-dealkylation sites (N-methyl/N-ethyl adjacent to an activating group) is 1. The van der Waals surface area contributed by atoms with Gasteiger partial charge in [-0.15, -0.1) is 0 Å². The molecule has 92 valence electrons. The molecule has 0 spiro atoms. The first kappa shape index (κ1) is 13.7. The molecule has 0 unspecified atom stereocenters. The molecule has 0 atom stereocenters. The van der Waals surface area contributed by atoms with Gasteiger partial charge in [-0.3, -0.25) is 0 Å². The Morgan fingerprint density at radius 1 is 1.47 bits per heavy atom. The van der Waals surface area contributed by atoms with Crippen molar-refractivity contribution in [3.63, 3.8) is 0 Å². The quantitative estimate of drug-likeness (QED) is 0.894. The maximum Gasteiger partial charge on any atom is 0.321 e. The van der Waals surface area contributed by atoms with Gasteiger partial charge in [0.25, 0.3) is 0 Å². The van der Waals surface area contributed by atoms with Crippen molar-refractivity contribution in [1.29, 1.82) is 0 Å². The highest BCUT2D eigenvalue weighted by atomic mass is 79.9. The van der Waals surface area contributed by atoms with E-state index in [1.54, 1.807) is 19.3 Å². The zero-order valence-electron chi connectivity index (χ0n) is 9.56. The largest absolute Gasteiger partial charge is 0.395 e. The van der Waals surface area contributed by atoms with E-state index in [0.717, 1.165) is 10.0 Å². The molecule has 1 rings (SSSR count). The summed E-state index contributed by atoms with van der Waals surface area (Å²) in [6.07, 6.45) is 3.39. The number of hydrogen-bond acceptors (Lipinski definition) is 2. The van der Waals surface area contributed by atoms with Crippen LogP contribution < -0.4 is 5.32 Å². The summed E-state index contributed by atoms with van der Waals surface area (Å²) in [6, 6.07) is 7.49. The van der Waals surface area contributed by atoms with Gasteiger partial charge in [-0.1, -0.05) is 28.1 Å². The molecule has 0 fully saturated rings. The van der Waals surface area contributed by atoms with Crippen LogP contribution in [0.15, 0.2) is 34.9 Å². The second-order valence-electron chi connectivity index (χ2n) is 3.48. The first-order valence-electron chi connectivity index (χ1n) is 5.18. The number of carbonyl (C=O) groups excluding carboxylic acids is 1. The highest BCUT2D eigenvalue weighted by Gasteiger charge is 2.03. The van der Waals surface area contributed by atoms with Crippen LogP contribution >= 0.6 is 15.9 Å². The van der Waals surface area contributed by atoms with Gasteiger partial charge in [-0.25, -0.2) is 4.79 Å². The lowest BCUT2D eigenvalue weighted by Crippen LogP contribution is -2.36. The number of urea groups is 1. The van der Waals surface area contributed by atoms with Crippen LogP contribution in [0.1, 0.15) is 5.56 Å². The molecule has 0 radical (unpaired) electrons. The normalized spacial score (nSPS) is 10.5. The molecule has 0 saturated heterocycles. The average molecular weight is 299 g/mol. The monoisotopic (exact) mass is 298 g/mol. The van der Waals surface area contributed by atoms with Crippen molar-refractivity contribution >= 4 is 28.0 Å². The van der Waals surface area contributed by atoms with E-state index in [4.69, 9.17) is 5.11 Å². The molecule has 0 aliphatic heterocycles. The van der Waals surface area contributed by atoms with E-state index in [2.05, 4.69) is 21.2 Å². The second-order valence-corrected chi connectivity index (χ2v) is 4.40. The summed E-state index contributed by atoms with van der Waals surface area (Å²) in [7, 11) is 1.62. The molecule has 2 amide bonds. The van der Waals surface area contributed by atoms with Crippen LogP contribution in [-0.4, -0.2) is 36.2 Å². The molecule has 0 bridgehead atoms. The predicted octanol–water partition coefficient (Wildman–Crippen LogP) is 2.05. The molecule has 17 heavy (non-hydrogen) atoms. The van der Waals surface area contributed by atoms with Crippen LogP contribution in [0, 0.1) is 0 Å². The van der Waals surface area contributed by atoms with Crippen molar-refractivity contribution in [3.8, 4) is 0 Å². The van der Waals surface area contributed by atoms with Gasteiger partial charge < -0.3 is 15.3 Å². The highest BCUT2D eigenvalue weighted by molar-refractivity contribution is 9.10. The number of aliphatic hydroxyl groups is 1. The summed E-state index contributed by atoms with van der Waals surface area (Å²) >= 11 is 3.35. The number of amides is 2. The van der Waals surface area contributed by atoms with Gasteiger partial charge in [0.2, 0.25) is 0 Å². The Morgan fingerprint density at radius 2 is 2.12 bits per heavy atom. The number of carbonyl (C=O) groups is 1. The van der Waals surface area contributed by atoms with Crippen molar-refractivity contribution < 1.29 is 9.90 Å². The van der Waals surface area contributed by atoms with Gasteiger partial charge >= 0.3 is 6.03 Å². The summed E-state index contributed by atoms with van der Waals surface area (Å²) in [5, 5.41) is 11.3. The van der Waals surface area contributed by atoms with Gasteiger partial charge in [0.15, 0.2) is 0 Å². The second kappa shape index (κ2) is 7.09. The van der Waals surface area contributed by atoms with Gasteiger partial charge in [0.1, 0.15) is 0 Å². The molecular weight excluding hydrogens is 284 g/mol. The minimum atomic E-state index is -0.243. The van der Waals surface area contributed by atoms with Crippen molar-refractivity contribution in [2.24, 2.45) is 0 Å². The molecular formula is C12H15BrN2O2. The minimum Gasteiger partial charge on any atom is -0.395 e. The average Bonchev–Trinajstić information content (AvgIpc) is 2.32. The maximum atomic E-state index is 11.4. The number of benzene rings is 1. The van der Waals surface area contributed by atoms with Crippen molar-refractivity contribution in [1.82, 2.24) is 10.2 Å². The van der Waals surface area contributed by atoms with Crippen molar-refractivity contribution in [2.75, 3.05) is 20.2 Å². The van der Waals surface area contributed by atoms with Crippen LogP contribution in [0.5, 0.6) is 0 Å². The molecule has 0 heterocycles. The highest BCUT2D eigenvalue weighted by Crippen LogP contribution is 2.11. The topological polar surface area (TPSA) is 52.6 Å². The Hall–Kier alpha value is -1.33. The van der Waals surface area contributed by atoms with Crippen LogP contribution in [0.4, 0.5) is 4.79 Å². The summed E-state index contributed by atoms with van der Waals surface area (Å²) in [5.41, 5.74) is 0.998. The first-order valence-corrected chi connectivity index (χ1v) is 5.97. The number of rotatable bonds is 4. The van der Waals surface area contributed by atoms with Crippen molar-refractivity contribution in [2.45, 2.75) is 0 Å². The molecule has 4 nitrogen and oxygen atoms in total. The third-order valence-electron chi connectivity index (χ3n) is 2.13. The van der Waals surface area contributed by atoms with Gasteiger partial charge in [-0.05, 0) is 23.8 Å². The molecule has 0 saturated carbocycles. The van der Waals surface area contributed by atoms with Crippen LogP contribution in [0.25, 0.3) is 6.08 Å². The van der Waals surface area contributed by atoms with E-state index in [9.17, 15) is 4.79 Å². The number of nitrogens with one attached hydrogen (secondary N) is 1. The fourth-order valence-electron chi connectivity index (χ4n) is 1.14. The fourth-order valence-corrected chi connectivity index (χ4v) is 1.41. The Kier molecular flexibility index (Phi) is 5.72. The van der Waals surface area contributed by atoms with E-state index in [1.165, 1.54) is 4.90 Å². The lowest BCUT2D eigenvalue weighted by Gasteiger charge is -2.14. The maximum absolute atomic E-state index is 11.4. The molecule has 0 aliphatic rings. The smallest absolute Gasteiger partial charge is 0.321 e. The molecule has 1 aromatic carbocycles. The number of halogens is 1. The lowest BCUT2D eigenvalue weighted by atomic mass is 10.2. The van der Waals surface area contributed by atoms with Crippen LogP contribution in [0.2, 0.25) is 0 Å². The van der Waals surface area contributed by atoms with E-state index in [-0.39, 0.29) is 12.6 Å². The zero-order valence-corrected chi connectivity index (χ0v) is 11.1. The third kappa shape index (κ3) is 5.01. The standard InChI is InChI=1S/C12H15BrN2O2/c1-15(8-9-16)12(17)14-7-6-10-2-4-11(13)5-3-10/h2-7,16H,8-9H2,1H3,(H,14,17)/b7-6+. The molecule has 0 aliphatic carbocycles. The number of hydrogen-bond donors (Lipinski definition) is 2. The third-order valence-corrected chi connectivity index (χ3v) is 2.66.